The van der Waals surface area contributed by atoms with Crippen LogP contribution >= 0.6 is 11.8 Å². The summed E-state index contributed by atoms with van der Waals surface area (Å²) in [6, 6.07) is 8.06. The van der Waals surface area contributed by atoms with Crippen molar-refractivity contribution in [2.75, 3.05) is 12.4 Å². The number of imidazole rings is 1. The number of aliphatic hydroxyl groups is 1. The maximum absolute atomic E-state index is 10.0. The van der Waals surface area contributed by atoms with Crippen LogP contribution in [0.4, 0.5) is 0 Å². The molecule has 0 amide bonds. The van der Waals surface area contributed by atoms with Crippen molar-refractivity contribution >= 4 is 11.8 Å². The zero-order valence-electron chi connectivity index (χ0n) is 13.6. The maximum Gasteiger partial charge on any atom is 0.167 e. The largest absolute Gasteiger partial charge is 0.491 e. The van der Waals surface area contributed by atoms with Gasteiger partial charge in [-0.3, -0.25) is 0 Å². The predicted molar refractivity (Wildman–Crippen MR) is 90.6 cm³/mol. The molecule has 120 valence electrons. The van der Waals surface area contributed by atoms with Gasteiger partial charge in [-0.15, -0.1) is 0 Å². The second kappa shape index (κ2) is 7.20. The van der Waals surface area contributed by atoms with E-state index < -0.39 is 6.10 Å². The van der Waals surface area contributed by atoms with Crippen molar-refractivity contribution in [2.24, 2.45) is 7.05 Å². The van der Waals surface area contributed by atoms with Crippen LogP contribution in [0.1, 0.15) is 26.3 Å². The van der Waals surface area contributed by atoms with E-state index in [-0.39, 0.29) is 12.0 Å². The Labute approximate surface area is 136 Å². The Morgan fingerprint density at radius 2 is 1.95 bits per heavy atom. The van der Waals surface area contributed by atoms with Gasteiger partial charge in [-0.1, -0.05) is 44.7 Å². The molecule has 1 heterocycles. The lowest BCUT2D eigenvalue weighted by Gasteiger charge is -2.19. The van der Waals surface area contributed by atoms with Crippen molar-refractivity contribution in [1.82, 2.24) is 9.55 Å². The Kier molecular flexibility index (Phi) is 5.53. The summed E-state index contributed by atoms with van der Waals surface area (Å²) in [6.45, 7) is 6.83. The van der Waals surface area contributed by atoms with Crippen LogP contribution in [0.5, 0.6) is 5.75 Å². The van der Waals surface area contributed by atoms with Gasteiger partial charge >= 0.3 is 0 Å². The molecule has 5 heteroatoms. The minimum absolute atomic E-state index is 0.136. The first-order valence-corrected chi connectivity index (χ1v) is 8.36. The molecule has 0 aliphatic carbocycles. The van der Waals surface area contributed by atoms with E-state index in [9.17, 15) is 5.11 Å². The zero-order valence-corrected chi connectivity index (χ0v) is 14.4. The van der Waals surface area contributed by atoms with E-state index in [0.29, 0.717) is 5.75 Å². The van der Waals surface area contributed by atoms with Crippen molar-refractivity contribution in [3.05, 3.63) is 42.2 Å². The van der Waals surface area contributed by atoms with Crippen LogP contribution in [0.15, 0.2) is 41.8 Å². The fourth-order valence-corrected chi connectivity index (χ4v) is 2.79. The average Bonchev–Trinajstić information content (AvgIpc) is 2.88. The first kappa shape index (κ1) is 16.9. The van der Waals surface area contributed by atoms with E-state index >= 15 is 0 Å². The number of aromatic nitrogens is 2. The number of rotatable bonds is 6. The fraction of sp³-hybridized carbons (Fsp3) is 0.471. The Morgan fingerprint density at radius 1 is 1.27 bits per heavy atom. The monoisotopic (exact) mass is 320 g/mol. The molecule has 2 rings (SSSR count). The van der Waals surface area contributed by atoms with Crippen LogP contribution in [0.25, 0.3) is 0 Å². The minimum atomic E-state index is -0.524. The normalized spacial score (nSPS) is 13.1. The van der Waals surface area contributed by atoms with Crippen molar-refractivity contribution in [3.8, 4) is 5.75 Å². The minimum Gasteiger partial charge on any atom is -0.491 e. The quantitative estimate of drug-likeness (QED) is 0.830. The number of nitrogens with zero attached hydrogens (tertiary/aromatic N) is 2. The molecule has 0 aliphatic heterocycles. The van der Waals surface area contributed by atoms with Crippen molar-refractivity contribution < 1.29 is 9.84 Å². The second-order valence-electron chi connectivity index (χ2n) is 6.37. The average molecular weight is 320 g/mol. The highest BCUT2D eigenvalue weighted by Gasteiger charge is 2.13. The van der Waals surface area contributed by atoms with Crippen molar-refractivity contribution in [2.45, 2.75) is 37.4 Å². The lowest BCUT2D eigenvalue weighted by molar-refractivity contribution is 0.126. The number of aliphatic hydroxyl groups excluding tert-OH is 1. The lowest BCUT2D eigenvalue weighted by Crippen LogP contribution is -2.20. The Balaban J connectivity index is 1.78. The Bertz CT molecular complexity index is 587. The lowest BCUT2D eigenvalue weighted by atomic mass is 9.87. The van der Waals surface area contributed by atoms with Gasteiger partial charge in [0.15, 0.2) is 5.16 Å². The molecule has 1 aromatic carbocycles. The molecule has 0 bridgehead atoms. The van der Waals surface area contributed by atoms with Crippen LogP contribution < -0.4 is 4.74 Å². The van der Waals surface area contributed by atoms with Crippen molar-refractivity contribution in [3.63, 3.8) is 0 Å². The van der Waals surface area contributed by atoms with Gasteiger partial charge in [0.05, 0.1) is 6.10 Å². The number of thioether (sulfide) groups is 1. The summed E-state index contributed by atoms with van der Waals surface area (Å²) in [6.07, 6.45) is 3.12. The molecule has 1 atom stereocenters. The van der Waals surface area contributed by atoms with E-state index in [1.54, 1.807) is 6.20 Å². The summed E-state index contributed by atoms with van der Waals surface area (Å²) in [5, 5.41) is 10.9. The van der Waals surface area contributed by atoms with Crippen LogP contribution in [-0.4, -0.2) is 33.1 Å². The number of benzene rings is 1. The molecule has 1 unspecified atom stereocenters. The summed E-state index contributed by atoms with van der Waals surface area (Å²) in [5.41, 5.74) is 1.40. The van der Waals surface area contributed by atoms with Gasteiger partial charge in [-0.05, 0) is 23.1 Å². The van der Waals surface area contributed by atoms with Gasteiger partial charge in [-0.2, -0.15) is 0 Å². The van der Waals surface area contributed by atoms with Gasteiger partial charge in [0, 0.05) is 25.2 Å². The highest BCUT2D eigenvalue weighted by molar-refractivity contribution is 7.99. The number of hydrogen-bond donors (Lipinski definition) is 1. The molecule has 0 aliphatic rings. The molecule has 0 radical (unpaired) electrons. The Hall–Kier alpha value is -1.46. The molecular weight excluding hydrogens is 296 g/mol. The van der Waals surface area contributed by atoms with E-state index in [2.05, 4.69) is 37.9 Å². The van der Waals surface area contributed by atoms with Gasteiger partial charge in [0.25, 0.3) is 0 Å². The third-order valence-corrected chi connectivity index (χ3v) is 4.55. The van der Waals surface area contributed by atoms with Crippen LogP contribution in [0.3, 0.4) is 0 Å². The number of aryl methyl sites for hydroxylation is 1. The van der Waals surface area contributed by atoms with Gasteiger partial charge < -0.3 is 14.4 Å². The summed E-state index contributed by atoms with van der Waals surface area (Å²) < 4.78 is 7.58. The molecule has 0 saturated heterocycles. The van der Waals surface area contributed by atoms with E-state index in [0.717, 1.165) is 10.9 Å². The third kappa shape index (κ3) is 4.78. The zero-order chi connectivity index (χ0) is 16.2. The molecule has 0 saturated carbocycles. The van der Waals surface area contributed by atoms with E-state index in [1.807, 2.05) is 29.9 Å². The standard InChI is InChI=1S/C17H24N2O2S/c1-17(2,3)13-5-7-15(8-6-13)21-11-14(20)12-22-16-18-9-10-19(16)4/h5-10,14,20H,11-12H2,1-4H3. The molecule has 0 spiro atoms. The number of hydrogen-bond acceptors (Lipinski definition) is 4. The molecule has 22 heavy (non-hydrogen) atoms. The molecule has 4 nitrogen and oxygen atoms in total. The highest BCUT2D eigenvalue weighted by atomic mass is 32.2. The SMILES string of the molecule is Cn1ccnc1SCC(O)COc1ccc(C(C)(C)C)cc1. The fourth-order valence-electron chi connectivity index (χ4n) is 1.95. The first-order chi connectivity index (χ1) is 10.4. The molecule has 0 fully saturated rings. The van der Waals surface area contributed by atoms with Gasteiger partial charge in [-0.25, -0.2) is 4.98 Å². The van der Waals surface area contributed by atoms with Crippen LogP contribution in [0.2, 0.25) is 0 Å². The van der Waals surface area contributed by atoms with Crippen LogP contribution in [0, 0.1) is 0 Å². The van der Waals surface area contributed by atoms with E-state index in [4.69, 9.17) is 4.74 Å². The summed E-state index contributed by atoms with van der Waals surface area (Å²) in [5.74, 6) is 1.35. The second-order valence-corrected chi connectivity index (χ2v) is 7.36. The Morgan fingerprint density at radius 3 is 2.50 bits per heavy atom. The number of ether oxygens (including phenoxy) is 1. The predicted octanol–water partition coefficient (Wildman–Crippen LogP) is 3.25. The van der Waals surface area contributed by atoms with Gasteiger partial charge in [0.1, 0.15) is 12.4 Å². The molecular formula is C17H24N2O2S. The molecule has 2 aromatic rings. The summed E-state index contributed by atoms with van der Waals surface area (Å²) in [4.78, 5) is 4.21. The van der Waals surface area contributed by atoms with Crippen LogP contribution in [-0.2, 0) is 12.5 Å². The van der Waals surface area contributed by atoms with E-state index in [1.165, 1.54) is 17.3 Å². The smallest absolute Gasteiger partial charge is 0.167 e. The maximum atomic E-state index is 10.0. The molecule has 1 N–H and O–H groups in total. The highest BCUT2D eigenvalue weighted by Crippen LogP contribution is 2.24. The summed E-state index contributed by atoms with van der Waals surface area (Å²) in [7, 11) is 1.94. The molecule has 1 aromatic heterocycles. The van der Waals surface area contributed by atoms with Crippen molar-refractivity contribution in [1.29, 1.82) is 0 Å². The van der Waals surface area contributed by atoms with Gasteiger partial charge in [0.2, 0.25) is 0 Å². The topological polar surface area (TPSA) is 47.3 Å². The first-order valence-electron chi connectivity index (χ1n) is 7.38. The summed E-state index contributed by atoms with van der Waals surface area (Å²) >= 11 is 1.52. The third-order valence-electron chi connectivity index (χ3n) is 3.34.